The van der Waals surface area contributed by atoms with E-state index in [4.69, 9.17) is 9.88 Å². The molecule has 2 N–H and O–H groups in total. The Bertz CT molecular complexity index is 996. The van der Waals surface area contributed by atoms with E-state index in [0.717, 1.165) is 43.1 Å². The molecule has 3 heterocycles. The minimum Gasteiger partial charge on any atom is -0.373 e. The molecule has 1 unspecified atom stereocenters. The molecule has 2 aliphatic heterocycles. The molecule has 31 heavy (non-hydrogen) atoms. The van der Waals surface area contributed by atoms with Gasteiger partial charge in [0.15, 0.2) is 4.21 Å². The first kappa shape index (κ1) is 22.7. The number of sulfonamides is 1. The normalized spacial score (nSPS) is 25.7. The Hall–Kier alpha value is -1.52. The maximum Gasteiger partial charge on any atom is 0.249 e. The smallest absolute Gasteiger partial charge is 0.249 e. The van der Waals surface area contributed by atoms with Crippen molar-refractivity contribution in [3.63, 3.8) is 0 Å². The minimum absolute atomic E-state index is 0.136. The monoisotopic (exact) mass is 464 g/mol. The third kappa shape index (κ3) is 5.28. The number of aromatic nitrogens is 1. The van der Waals surface area contributed by atoms with E-state index in [1.165, 1.54) is 24.9 Å². The molecule has 2 aliphatic rings. The van der Waals surface area contributed by atoms with Crippen LogP contribution in [0.1, 0.15) is 38.8 Å². The van der Waals surface area contributed by atoms with Gasteiger partial charge >= 0.3 is 0 Å². The number of hydrogen-bond donors (Lipinski definition) is 1. The van der Waals surface area contributed by atoms with Crippen LogP contribution in [0.2, 0.25) is 0 Å². The molecule has 0 spiro atoms. The highest BCUT2D eigenvalue weighted by atomic mass is 32.2. The number of benzene rings is 1. The van der Waals surface area contributed by atoms with Gasteiger partial charge in [0.2, 0.25) is 10.0 Å². The Morgan fingerprint density at radius 1 is 1.16 bits per heavy atom. The van der Waals surface area contributed by atoms with Gasteiger partial charge in [0.25, 0.3) is 0 Å². The van der Waals surface area contributed by atoms with Gasteiger partial charge in [-0.25, -0.2) is 18.5 Å². The quantitative estimate of drug-likeness (QED) is 0.731. The minimum atomic E-state index is -3.74. The zero-order valence-corrected chi connectivity index (χ0v) is 20.1. The number of ether oxygens (including phenoxy) is 1. The van der Waals surface area contributed by atoms with Gasteiger partial charge < -0.3 is 9.64 Å². The summed E-state index contributed by atoms with van der Waals surface area (Å²) in [5.74, 6) is 0. The van der Waals surface area contributed by atoms with Gasteiger partial charge in [-0.15, -0.1) is 11.3 Å². The maximum atomic E-state index is 11.7. The van der Waals surface area contributed by atoms with Gasteiger partial charge in [-0.1, -0.05) is 0 Å². The van der Waals surface area contributed by atoms with Crippen LogP contribution in [0.5, 0.6) is 0 Å². The number of aryl methyl sites for hydroxylation is 1. The summed E-state index contributed by atoms with van der Waals surface area (Å²) in [6.45, 7) is 10.1. The molecule has 9 heteroatoms. The maximum absolute atomic E-state index is 11.7. The highest BCUT2D eigenvalue weighted by Gasteiger charge is 2.29. The van der Waals surface area contributed by atoms with Crippen molar-refractivity contribution < 1.29 is 13.2 Å². The van der Waals surface area contributed by atoms with Crippen molar-refractivity contribution in [3.8, 4) is 10.6 Å². The summed E-state index contributed by atoms with van der Waals surface area (Å²) in [6, 6.07) is 8.82. The number of morpholine rings is 1. The molecule has 3 atom stereocenters. The van der Waals surface area contributed by atoms with Crippen LogP contribution in [0, 0.1) is 6.92 Å². The number of hydrogen-bond acceptors (Lipinski definition) is 7. The van der Waals surface area contributed by atoms with E-state index in [9.17, 15) is 8.42 Å². The summed E-state index contributed by atoms with van der Waals surface area (Å²) in [5, 5.41) is 5.98. The molecular formula is C22H32N4O3S2. The SMILES string of the molecule is Cc1nc(-c2ccc(N3CCCCC3CN3C[C@@H](C)O[C@@H](C)C3)cc2)sc1S(N)(=O)=O. The van der Waals surface area contributed by atoms with Crippen molar-refractivity contribution in [2.24, 2.45) is 5.14 Å². The fourth-order valence-corrected chi connectivity index (χ4v) is 6.79. The third-order valence-corrected chi connectivity index (χ3v) is 8.81. The molecule has 7 nitrogen and oxygen atoms in total. The van der Waals surface area contributed by atoms with Crippen molar-refractivity contribution in [2.45, 2.75) is 62.5 Å². The summed E-state index contributed by atoms with van der Waals surface area (Å²) in [5.41, 5.74) is 2.58. The summed E-state index contributed by atoms with van der Waals surface area (Å²) >= 11 is 1.13. The zero-order valence-electron chi connectivity index (χ0n) is 18.5. The van der Waals surface area contributed by atoms with E-state index >= 15 is 0 Å². The van der Waals surface area contributed by atoms with E-state index < -0.39 is 10.0 Å². The average molecular weight is 465 g/mol. The van der Waals surface area contributed by atoms with Crippen molar-refractivity contribution in [1.29, 1.82) is 0 Å². The van der Waals surface area contributed by atoms with E-state index in [1.807, 2.05) is 12.1 Å². The Labute approximate surface area is 189 Å². The first-order chi connectivity index (χ1) is 14.7. The Balaban J connectivity index is 1.50. The van der Waals surface area contributed by atoms with Crippen LogP contribution in [0.4, 0.5) is 5.69 Å². The highest BCUT2D eigenvalue weighted by molar-refractivity contribution is 7.91. The van der Waals surface area contributed by atoms with Crippen LogP contribution < -0.4 is 10.0 Å². The third-order valence-electron chi connectivity index (χ3n) is 6.05. The van der Waals surface area contributed by atoms with Gasteiger partial charge in [-0.2, -0.15) is 0 Å². The van der Waals surface area contributed by atoms with Crippen molar-refractivity contribution in [3.05, 3.63) is 30.0 Å². The molecule has 1 aromatic heterocycles. The molecule has 0 bridgehead atoms. The van der Waals surface area contributed by atoms with Gasteiger partial charge in [0, 0.05) is 43.5 Å². The molecule has 4 rings (SSSR count). The van der Waals surface area contributed by atoms with Gasteiger partial charge in [0.05, 0.1) is 17.9 Å². The topological polar surface area (TPSA) is 88.8 Å². The lowest BCUT2D eigenvalue weighted by Crippen LogP contribution is -2.52. The lowest BCUT2D eigenvalue weighted by atomic mass is 9.99. The largest absolute Gasteiger partial charge is 0.373 e. The van der Waals surface area contributed by atoms with Crippen LogP contribution in [0.25, 0.3) is 10.6 Å². The molecule has 0 aliphatic carbocycles. The number of anilines is 1. The Kier molecular flexibility index (Phi) is 6.69. The second-order valence-corrected chi connectivity index (χ2v) is 11.6. The molecule has 2 aromatic rings. The van der Waals surface area contributed by atoms with E-state index in [1.54, 1.807) is 6.92 Å². The summed E-state index contributed by atoms with van der Waals surface area (Å²) in [4.78, 5) is 9.50. The second-order valence-electron chi connectivity index (χ2n) is 8.80. The fraction of sp³-hybridized carbons (Fsp3) is 0.591. The molecule has 0 radical (unpaired) electrons. The van der Waals surface area contributed by atoms with Crippen LogP contribution in [-0.4, -0.2) is 62.7 Å². The molecular weight excluding hydrogens is 432 g/mol. The van der Waals surface area contributed by atoms with E-state index in [-0.39, 0.29) is 16.4 Å². The first-order valence-corrected chi connectivity index (χ1v) is 13.3. The molecule has 0 saturated carbocycles. The Morgan fingerprint density at radius 2 is 1.84 bits per heavy atom. The number of nitrogens with two attached hydrogens (primary N) is 1. The van der Waals surface area contributed by atoms with E-state index in [2.05, 4.69) is 40.8 Å². The number of rotatable bonds is 5. The summed E-state index contributed by atoms with van der Waals surface area (Å²) in [7, 11) is -3.74. The van der Waals surface area contributed by atoms with Crippen molar-refractivity contribution in [2.75, 3.05) is 31.1 Å². The van der Waals surface area contributed by atoms with Gasteiger partial charge in [-0.3, -0.25) is 4.90 Å². The summed E-state index contributed by atoms with van der Waals surface area (Å²) < 4.78 is 29.5. The molecule has 170 valence electrons. The standard InChI is InChI=1S/C22H32N4O3S2/c1-15-12-25(13-16(2)29-15)14-20-6-4-5-11-26(20)19-9-7-18(8-10-19)21-24-17(3)22(30-21)31(23,27)28/h7-10,15-16,20H,4-6,11-14H2,1-3H3,(H2,23,27,28)/t15-,16+,20?. The summed E-state index contributed by atoms with van der Waals surface area (Å²) in [6.07, 6.45) is 4.24. The lowest BCUT2D eigenvalue weighted by Gasteiger charge is -2.43. The molecule has 2 saturated heterocycles. The second kappa shape index (κ2) is 9.15. The molecule has 1 aromatic carbocycles. The molecule has 2 fully saturated rings. The van der Waals surface area contributed by atoms with Crippen LogP contribution in [0.3, 0.4) is 0 Å². The lowest BCUT2D eigenvalue weighted by molar-refractivity contribution is -0.0696. The molecule has 0 amide bonds. The Morgan fingerprint density at radius 3 is 2.45 bits per heavy atom. The number of nitrogens with zero attached hydrogens (tertiary/aromatic N) is 3. The van der Waals surface area contributed by atoms with Crippen molar-refractivity contribution in [1.82, 2.24) is 9.88 Å². The van der Waals surface area contributed by atoms with Crippen LogP contribution in [-0.2, 0) is 14.8 Å². The van der Waals surface area contributed by atoms with Crippen LogP contribution in [0.15, 0.2) is 28.5 Å². The van der Waals surface area contributed by atoms with E-state index in [0.29, 0.717) is 16.7 Å². The zero-order chi connectivity index (χ0) is 22.2. The highest BCUT2D eigenvalue weighted by Crippen LogP contribution is 2.33. The van der Waals surface area contributed by atoms with Crippen LogP contribution >= 0.6 is 11.3 Å². The number of piperidine rings is 1. The number of thiazole rings is 1. The van der Waals surface area contributed by atoms with Gasteiger partial charge in [0.1, 0.15) is 5.01 Å². The van der Waals surface area contributed by atoms with Crippen molar-refractivity contribution >= 4 is 27.0 Å². The predicted molar refractivity (Wildman–Crippen MR) is 125 cm³/mol. The predicted octanol–water partition coefficient (Wildman–Crippen LogP) is 3.23. The fourth-order valence-electron chi connectivity index (χ4n) is 4.83. The average Bonchev–Trinajstić information content (AvgIpc) is 3.10. The van der Waals surface area contributed by atoms with Gasteiger partial charge in [-0.05, 0) is 64.3 Å². The first-order valence-electron chi connectivity index (χ1n) is 11.0. The number of primary sulfonamides is 1.